The zero-order valence-corrected chi connectivity index (χ0v) is 19.1. The van der Waals surface area contributed by atoms with Crippen LogP contribution in [0.4, 0.5) is 5.69 Å². The number of para-hydroxylation sites is 2. The summed E-state index contributed by atoms with van der Waals surface area (Å²) in [5.74, 6) is 0.0920. The highest BCUT2D eigenvalue weighted by Gasteiger charge is 2.41. The van der Waals surface area contributed by atoms with Crippen molar-refractivity contribution in [2.75, 3.05) is 18.5 Å². The number of carbonyl (C=O) groups is 2. The van der Waals surface area contributed by atoms with Crippen LogP contribution in [0, 0.1) is 11.3 Å². The number of phenolic OH excluding ortho intramolecular Hbond substituents is 1. The van der Waals surface area contributed by atoms with Gasteiger partial charge < -0.3 is 19.9 Å². The minimum absolute atomic E-state index is 0.0381. The highest BCUT2D eigenvalue weighted by Crippen LogP contribution is 2.38. The summed E-state index contributed by atoms with van der Waals surface area (Å²) in [6.07, 6.45) is 2.40. The minimum Gasteiger partial charge on any atom is -0.506 e. The SMILES string of the molecule is CCOc1ccc(C=C(Nc2ccccc2O)C2C(=O)CC(C)(C)CC2=O)cc1OCC. The molecule has 1 aliphatic rings. The lowest BCUT2D eigenvalue weighted by Gasteiger charge is -2.33. The lowest BCUT2D eigenvalue weighted by molar-refractivity contribution is -0.137. The van der Waals surface area contributed by atoms with Crippen molar-refractivity contribution in [1.82, 2.24) is 0 Å². The third-order valence-corrected chi connectivity index (χ3v) is 5.33. The fourth-order valence-electron chi connectivity index (χ4n) is 4.00. The number of allylic oxidation sites excluding steroid dienone is 1. The van der Waals surface area contributed by atoms with E-state index in [9.17, 15) is 14.7 Å². The lowest BCUT2D eigenvalue weighted by atomic mass is 9.70. The van der Waals surface area contributed by atoms with Crippen LogP contribution < -0.4 is 14.8 Å². The molecule has 1 saturated carbocycles. The first-order valence-electron chi connectivity index (χ1n) is 11.0. The molecule has 6 heteroatoms. The van der Waals surface area contributed by atoms with Crippen LogP contribution in [0.25, 0.3) is 6.08 Å². The molecule has 170 valence electrons. The number of nitrogens with one attached hydrogen (secondary N) is 1. The van der Waals surface area contributed by atoms with Crippen molar-refractivity contribution in [2.45, 2.75) is 40.5 Å². The van der Waals surface area contributed by atoms with Gasteiger partial charge in [0.05, 0.1) is 18.9 Å². The molecule has 0 unspecified atom stereocenters. The number of aromatic hydroxyl groups is 1. The van der Waals surface area contributed by atoms with E-state index in [1.54, 1.807) is 30.3 Å². The number of ketones is 2. The van der Waals surface area contributed by atoms with Crippen LogP contribution in [-0.2, 0) is 9.59 Å². The fourth-order valence-corrected chi connectivity index (χ4v) is 4.00. The van der Waals surface area contributed by atoms with Crippen LogP contribution in [0.15, 0.2) is 48.2 Å². The molecule has 0 bridgehead atoms. The Morgan fingerprint density at radius 1 is 1.03 bits per heavy atom. The minimum atomic E-state index is -0.912. The van der Waals surface area contributed by atoms with Crippen molar-refractivity contribution in [3.8, 4) is 17.2 Å². The Balaban J connectivity index is 2.05. The molecular formula is C26H31NO5. The Morgan fingerprint density at radius 3 is 2.28 bits per heavy atom. The molecule has 0 aromatic heterocycles. The first-order valence-corrected chi connectivity index (χ1v) is 11.0. The molecule has 2 aromatic rings. The average Bonchev–Trinajstić information content (AvgIpc) is 2.70. The molecule has 0 spiro atoms. The second kappa shape index (κ2) is 9.90. The quantitative estimate of drug-likeness (QED) is 0.435. The number of Topliss-reactive ketones (excluding diaryl/α,β-unsaturated/α-hetero) is 2. The van der Waals surface area contributed by atoms with Gasteiger partial charge in [0.25, 0.3) is 0 Å². The molecule has 1 aliphatic carbocycles. The van der Waals surface area contributed by atoms with E-state index in [1.807, 2.05) is 45.9 Å². The smallest absolute Gasteiger partial charge is 0.161 e. The van der Waals surface area contributed by atoms with Crippen LogP contribution in [0.3, 0.4) is 0 Å². The summed E-state index contributed by atoms with van der Waals surface area (Å²) in [6, 6.07) is 12.2. The number of phenols is 1. The topological polar surface area (TPSA) is 84.9 Å². The highest BCUT2D eigenvalue weighted by atomic mass is 16.5. The summed E-state index contributed by atoms with van der Waals surface area (Å²) in [6.45, 7) is 8.64. The van der Waals surface area contributed by atoms with Gasteiger partial charge in [-0.3, -0.25) is 9.59 Å². The largest absolute Gasteiger partial charge is 0.506 e. The maximum atomic E-state index is 13.0. The van der Waals surface area contributed by atoms with Gasteiger partial charge in [-0.1, -0.05) is 32.0 Å². The number of hydrogen-bond acceptors (Lipinski definition) is 6. The first kappa shape index (κ1) is 23.4. The Bertz CT molecular complexity index is 1000. The molecule has 0 atom stereocenters. The van der Waals surface area contributed by atoms with Crippen LogP contribution in [0.1, 0.15) is 46.1 Å². The van der Waals surface area contributed by atoms with E-state index < -0.39 is 5.92 Å². The van der Waals surface area contributed by atoms with E-state index in [0.717, 1.165) is 5.56 Å². The Kier molecular flexibility index (Phi) is 7.23. The van der Waals surface area contributed by atoms with Gasteiger partial charge in [-0.2, -0.15) is 0 Å². The first-order chi connectivity index (χ1) is 15.2. The molecule has 2 aromatic carbocycles. The second-order valence-electron chi connectivity index (χ2n) is 8.70. The molecule has 0 heterocycles. The fraction of sp³-hybridized carbons (Fsp3) is 0.385. The maximum absolute atomic E-state index is 13.0. The number of ether oxygens (including phenoxy) is 2. The normalized spacial score (nSPS) is 16.7. The van der Waals surface area contributed by atoms with Gasteiger partial charge in [0.2, 0.25) is 0 Å². The molecule has 3 rings (SSSR count). The predicted molar refractivity (Wildman–Crippen MR) is 125 cm³/mol. The summed E-state index contributed by atoms with van der Waals surface area (Å²) >= 11 is 0. The number of carbonyl (C=O) groups excluding carboxylic acids is 2. The highest BCUT2D eigenvalue weighted by molar-refractivity contribution is 6.09. The summed E-state index contributed by atoms with van der Waals surface area (Å²) in [5.41, 5.74) is 1.26. The van der Waals surface area contributed by atoms with Crippen molar-refractivity contribution in [3.63, 3.8) is 0 Å². The monoisotopic (exact) mass is 437 g/mol. The van der Waals surface area contributed by atoms with Crippen molar-refractivity contribution < 1.29 is 24.2 Å². The van der Waals surface area contributed by atoms with E-state index in [1.165, 1.54) is 0 Å². The zero-order valence-electron chi connectivity index (χ0n) is 19.1. The van der Waals surface area contributed by atoms with E-state index in [-0.39, 0.29) is 22.7 Å². The summed E-state index contributed by atoms with van der Waals surface area (Å²) < 4.78 is 11.3. The van der Waals surface area contributed by atoms with E-state index in [2.05, 4.69) is 5.32 Å². The molecule has 2 N–H and O–H groups in total. The van der Waals surface area contributed by atoms with Gasteiger partial charge in [0, 0.05) is 18.5 Å². The molecule has 6 nitrogen and oxygen atoms in total. The second-order valence-corrected chi connectivity index (χ2v) is 8.70. The van der Waals surface area contributed by atoms with Gasteiger partial charge >= 0.3 is 0 Å². The third-order valence-electron chi connectivity index (χ3n) is 5.33. The van der Waals surface area contributed by atoms with E-state index in [4.69, 9.17) is 9.47 Å². The van der Waals surface area contributed by atoms with Gasteiger partial charge in [0.15, 0.2) is 11.5 Å². The predicted octanol–water partition coefficient (Wildman–Crippen LogP) is 5.22. The van der Waals surface area contributed by atoms with Gasteiger partial charge in [-0.05, 0) is 55.2 Å². The van der Waals surface area contributed by atoms with E-state index in [0.29, 0.717) is 48.9 Å². The van der Waals surface area contributed by atoms with E-state index >= 15 is 0 Å². The van der Waals surface area contributed by atoms with Crippen LogP contribution in [0.5, 0.6) is 17.2 Å². The van der Waals surface area contributed by atoms with Crippen LogP contribution >= 0.6 is 0 Å². The maximum Gasteiger partial charge on any atom is 0.161 e. The molecule has 32 heavy (non-hydrogen) atoms. The van der Waals surface area contributed by atoms with Crippen molar-refractivity contribution in [3.05, 3.63) is 53.7 Å². The Labute approximate surface area is 189 Å². The van der Waals surface area contributed by atoms with Gasteiger partial charge in [-0.15, -0.1) is 0 Å². The molecule has 0 aliphatic heterocycles. The van der Waals surface area contributed by atoms with Crippen molar-refractivity contribution >= 4 is 23.3 Å². The van der Waals surface area contributed by atoms with Crippen molar-refractivity contribution in [1.29, 1.82) is 0 Å². The van der Waals surface area contributed by atoms with Crippen LogP contribution in [0.2, 0.25) is 0 Å². The number of hydrogen-bond donors (Lipinski definition) is 2. The molecule has 1 fully saturated rings. The Hall–Kier alpha value is -3.28. The van der Waals surface area contributed by atoms with Crippen molar-refractivity contribution in [2.24, 2.45) is 11.3 Å². The summed E-state index contributed by atoms with van der Waals surface area (Å²) in [7, 11) is 0. The van der Waals surface area contributed by atoms with Gasteiger partial charge in [-0.25, -0.2) is 0 Å². The number of rotatable bonds is 8. The lowest BCUT2D eigenvalue weighted by Crippen LogP contribution is -2.39. The number of anilines is 1. The van der Waals surface area contributed by atoms with Crippen LogP contribution in [-0.4, -0.2) is 29.9 Å². The number of benzene rings is 2. The molecular weight excluding hydrogens is 406 g/mol. The summed E-state index contributed by atoms with van der Waals surface area (Å²) in [5, 5.41) is 13.4. The van der Waals surface area contributed by atoms with Gasteiger partial charge in [0.1, 0.15) is 23.2 Å². The summed E-state index contributed by atoms with van der Waals surface area (Å²) in [4.78, 5) is 26.1. The standard InChI is InChI=1S/C26H31NO5/c1-5-31-23-12-11-17(14-24(23)32-6-2)13-19(27-18-9-7-8-10-20(18)28)25-21(29)15-26(3,4)16-22(25)30/h7-14,25,27-28H,5-6,15-16H2,1-4H3. The molecule has 0 saturated heterocycles. The Morgan fingerprint density at radius 2 is 1.66 bits per heavy atom. The third kappa shape index (κ3) is 5.49. The molecule has 0 radical (unpaired) electrons. The average molecular weight is 438 g/mol. The molecule has 0 amide bonds. The zero-order chi connectivity index (χ0) is 23.3.